The number of alkyl halides is 3. The van der Waals surface area contributed by atoms with Crippen LogP contribution in [0.15, 0.2) is 41.5 Å². The first-order valence-electron chi connectivity index (χ1n) is 9.21. The quantitative estimate of drug-likeness (QED) is 0.231. The molecule has 0 aliphatic carbocycles. The van der Waals surface area contributed by atoms with Gasteiger partial charge in [0.15, 0.2) is 5.75 Å². The zero-order valence-electron chi connectivity index (χ0n) is 16.5. The zero-order valence-corrected chi connectivity index (χ0v) is 16.5. The molecule has 2 aromatic rings. The van der Waals surface area contributed by atoms with E-state index in [2.05, 4.69) is 10.5 Å². The summed E-state index contributed by atoms with van der Waals surface area (Å²) in [6, 6.07) is 7.28. The zero-order chi connectivity index (χ0) is 22.1. The van der Waals surface area contributed by atoms with E-state index in [4.69, 9.17) is 9.47 Å². The molecule has 0 spiro atoms. The van der Waals surface area contributed by atoms with Crippen LogP contribution >= 0.6 is 0 Å². The van der Waals surface area contributed by atoms with Crippen molar-refractivity contribution < 1.29 is 27.6 Å². The Labute approximate surface area is 171 Å². The van der Waals surface area contributed by atoms with Crippen molar-refractivity contribution in [3.8, 4) is 11.5 Å². The van der Waals surface area contributed by atoms with E-state index in [9.17, 15) is 23.3 Å². The summed E-state index contributed by atoms with van der Waals surface area (Å²) in [6.07, 6.45) is -0.557. The van der Waals surface area contributed by atoms with Gasteiger partial charge in [-0.05, 0) is 30.7 Å². The molecule has 0 atom stereocenters. The van der Waals surface area contributed by atoms with E-state index in [0.717, 1.165) is 31.4 Å². The Hall–Kier alpha value is -3.30. The first kappa shape index (κ1) is 23.0. The minimum atomic E-state index is -4.47. The highest BCUT2D eigenvalue weighted by Gasteiger charge is 2.30. The van der Waals surface area contributed by atoms with Crippen LogP contribution in [0.5, 0.6) is 11.5 Å². The lowest BCUT2D eigenvalue weighted by Gasteiger charge is -2.12. The van der Waals surface area contributed by atoms with Gasteiger partial charge in [0.2, 0.25) is 5.75 Å². The summed E-state index contributed by atoms with van der Waals surface area (Å²) in [7, 11) is 1.36. The molecule has 0 aromatic heterocycles. The first-order valence-corrected chi connectivity index (χ1v) is 9.21. The monoisotopic (exact) mass is 425 g/mol. The van der Waals surface area contributed by atoms with E-state index < -0.39 is 16.7 Å². The van der Waals surface area contributed by atoms with Crippen molar-refractivity contribution in [3.63, 3.8) is 0 Å². The molecule has 0 amide bonds. The largest absolute Gasteiger partial charge is 0.493 e. The van der Waals surface area contributed by atoms with Crippen LogP contribution in [-0.4, -0.2) is 24.9 Å². The van der Waals surface area contributed by atoms with Gasteiger partial charge >= 0.3 is 11.9 Å². The summed E-state index contributed by atoms with van der Waals surface area (Å²) in [5.74, 6) is 0.197. The molecule has 2 aromatic carbocycles. The maximum atomic E-state index is 12.8. The average Bonchev–Trinajstić information content (AvgIpc) is 2.70. The minimum absolute atomic E-state index is 0.0293. The molecule has 1 N–H and O–H groups in total. The lowest BCUT2D eigenvalue weighted by Crippen LogP contribution is -2.05. The van der Waals surface area contributed by atoms with Crippen molar-refractivity contribution in [1.82, 2.24) is 0 Å². The van der Waals surface area contributed by atoms with E-state index in [-0.39, 0.29) is 22.9 Å². The minimum Gasteiger partial charge on any atom is -0.493 e. The summed E-state index contributed by atoms with van der Waals surface area (Å²) in [5.41, 5.74) is 1.82. The number of unbranched alkanes of at least 4 members (excludes halogenated alkanes) is 2. The molecular formula is C20H22F3N3O4. The molecule has 0 saturated heterocycles. The predicted octanol–water partition coefficient (Wildman–Crippen LogP) is 5.64. The van der Waals surface area contributed by atoms with Crippen LogP contribution < -0.4 is 14.9 Å². The number of nitro groups is 1. The van der Waals surface area contributed by atoms with Crippen molar-refractivity contribution in [2.45, 2.75) is 32.4 Å². The second-order valence-corrected chi connectivity index (χ2v) is 6.33. The molecule has 7 nitrogen and oxygen atoms in total. The second-order valence-electron chi connectivity index (χ2n) is 6.33. The molecule has 0 heterocycles. The van der Waals surface area contributed by atoms with Gasteiger partial charge in [0.1, 0.15) is 0 Å². The molecule has 0 bridgehead atoms. The van der Waals surface area contributed by atoms with Crippen LogP contribution in [0, 0.1) is 10.1 Å². The van der Waals surface area contributed by atoms with Gasteiger partial charge in [-0.3, -0.25) is 15.5 Å². The molecule has 0 unspecified atom stereocenters. The van der Waals surface area contributed by atoms with Gasteiger partial charge in [-0.15, -0.1) is 0 Å². The van der Waals surface area contributed by atoms with Crippen LogP contribution in [0.3, 0.4) is 0 Å². The van der Waals surface area contributed by atoms with E-state index in [0.29, 0.717) is 12.2 Å². The summed E-state index contributed by atoms with van der Waals surface area (Å²) in [6.45, 7) is 2.35. The number of hydrogen-bond acceptors (Lipinski definition) is 6. The number of nitrogens with zero attached hydrogens (tertiary/aromatic N) is 2. The summed E-state index contributed by atoms with van der Waals surface area (Å²) in [4.78, 5) is 10.9. The molecule has 10 heteroatoms. The van der Waals surface area contributed by atoms with Gasteiger partial charge in [0.05, 0.1) is 36.1 Å². The summed E-state index contributed by atoms with van der Waals surface area (Å²) in [5, 5.41) is 15.3. The third-order valence-corrected chi connectivity index (χ3v) is 4.07. The number of ether oxygens (including phenoxy) is 2. The van der Waals surface area contributed by atoms with Crippen LogP contribution in [0.2, 0.25) is 0 Å². The normalized spacial score (nSPS) is 11.5. The molecule has 0 aliphatic heterocycles. The Morgan fingerprint density at radius 2 is 2.00 bits per heavy atom. The Morgan fingerprint density at radius 1 is 1.23 bits per heavy atom. The van der Waals surface area contributed by atoms with Crippen molar-refractivity contribution in [3.05, 3.63) is 57.6 Å². The molecule has 30 heavy (non-hydrogen) atoms. The van der Waals surface area contributed by atoms with E-state index in [1.165, 1.54) is 37.6 Å². The average molecular weight is 425 g/mol. The lowest BCUT2D eigenvalue weighted by molar-refractivity contribution is -0.386. The van der Waals surface area contributed by atoms with Gasteiger partial charge in [-0.2, -0.15) is 18.3 Å². The highest BCUT2D eigenvalue weighted by Crippen LogP contribution is 2.38. The molecular weight excluding hydrogens is 403 g/mol. The summed E-state index contributed by atoms with van der Waals surface area (Å²) < 4.78 is 49.1. The van der Waals surface area contributed by atoms with Gasteiger partial charge < -0.3 is 9.47 Å². The number of methoxy groups -OCH3 is 1. The molecule has 0 radical (unpaired) electrons. The fourth-order valence-electron chi connectivity index (χ4n) is 2.59. The highest BCUT2D eigenvalue weighted by atomic mass is 19.4. The van der Waals surface area contributed by atoms with Crippen LogP contribution in [0.25, 0.3) is 0 Å². The smallest absolute Gasteiger partial charge is 0.416 e. The van der Waals surface area contributed by atoms with E-state index in [1.54, 1.807) is 0 Å². The molecule has 0 fully saturated rings. The van der Waals surface area contributed by atoms with Crippen LogP contribution in [0.1, 0.15) is 37.3 Å². The third kappa shape index (κ3) is 6.36. The number of anilines is 1. The van der Waals surface area contributed by atoms with Gasteiger partial charge in [-0.25, -0.2) is 0 Å². The number of nitro benzene ring substituents is 1. The molecule has 0 saturated carbocycles. The number of rotatable bonds is 10. The topological polar surface area (TPSA) is 86.0 Å². The standard InChI is InChI=1S/C20H22F3N3O4/c1-3-4-5-9-30-19-17(26(27)28)10-14(11-18(19)29-2)13-24-25-16-8-6-7-15(12-16)20(21,22)23/h6-8,10-13,25H,3-5,9H2,1-2H3. The second kappa shape index (κ2) is 10.5. The Bertz CT molecular complexity index is 901. The fourth-order valence-corrected chi connectivity index (χ4v) is 2.59. The van der Waals surface area contributed by atoms with Crippen molar-refractivity contribution in [2.75, 3.05) is 19.1 Å². The maximum absolute atomic E-state index is 12.8. The van der Waals surface area contributed by atoms with Gasteiger partial charge in [-0.1, -0.05) is 25.8 Å². The van der Waals surface area contributed by atoms with Crippen LogP contribution in [-0.2, 0) is 6.18 Å². The highest BCUT2D eigenvalue weighted by molar-refractivity contribution is 5.83. The fraction of sp³-hybridized carbons (Fsp3) is 0.350. The third-order valence-electron chi connectivity index (χ3n) is 4.07. The van der Waals surface area contributed by atoms with Gasteiger partial charge in [0, 0.05) is 11.6 Å². The molecule has 0 aliphatic rings. The predicted molar refractivity (Wildman–Crippen MR) is 107 cm³/mol. The number of halogens is 3. The Morgan fingerprint density at radius 3 is 2.63 bits per heavy atom. The van der Waals surface area contributed by atoms with E-state index in [1.807, 2.05) is 6.92 Å². The molecule has 162 valence electrons. The summed E-state index contributed by atoms with van der Waals surface area (Å²) >= 11 is 0. The van der Waals surface area contributed by atoms with E-state index >= 15 is 0 Å². The Kier molecular flexibility index (Phi) is 8.02. The molecule has 2 rings (SSSR count). The SMILES string of the molecule is CCCCCOc1c(OC)cc(C=NNc2cccc(C(F)(F)F)c2)cc1[N+](=O)[O-]. The first-order chi connectivity index (χ1) is 14.3. The number of hydrogen-bond donors (Lipinski definition) is 1. The maximum Gasteiger partial charge on any atom is 0.416 e. The number of nitrogens with one attached hydrogen (secondary N) is 1. The Balaban J connectivity index is 2.21. The lowest BCUT2D eigenvalue weighted by atomic mass is 10.2. The van der Waals surface area contributed by atoms with Crippen molar-refractivity contribution in [1.29, 1.82) is 0 Å². The van der Waals surface area contributed by atoms with Crippen molar-refractivity contribution in [2.24, 2.45) is 5.10 Å². The van der Waals surface area contributed by atoms with Crippen molar-refractivity contribution >= 4 is 17.6 Å². The number of hydrazone groups is 1. The number of benzene rings is 2. The van der Waals surface area contributed by atoms with Crippen LogP contribution in [0.4, 0.5) is 24.5 Å². The van der Waals surface area contributed by atoms with Gasteiger partial charge in [0.25, 0.3) is 0 Å².